The first kappa shape index (κ1) is 24.2. The van der Waals surface area contributed by atoms with Gasteiger partial charge in [0, 0.05) is 67.4 Å². The Morgan fingerprint density at radius 2 is 2.03 bits per heavy atom. The molecule has 0 unspecified atom stereocenters. The number of ether oxygens (including phenoxy) is 1. The van der Waals surface area contributed by atoms with E-state index < -0.39 is 0 Å². The Kier molecular flexibility index (Phi) is 6.37. The SMILES string of the molecule is CNC(=O)c1ccnc2c([C@H](C)CNc3cc(-c4ccc(N5CCC6(COC6)C5)nc4)ncn3)cccc12. The van der Waals surface area contributed by atoms with Crippen LogP contribution < -0.4 is 15.5 Å². The van der Waals surface area contributed by atoms with Crippen molar-refractivity contribution in [3.63, 3.8) is 0 Å². The van der Waals surface area contributed by atoms with E-state index in [1.165, 1.54) is 6.42 Å². The first-order chi connectivity index (χ1) is 18.5. The summed E-state index contributed by atoms with van der Waals surface area (Å²) in [6, 6.07) is 13.8. The third-order valence-corrected chi connectivity index (χ3v) is 7.68. The summed E-state index contributed by atoms with van der Waals surface area (Å²) in [4.78, 5) is 32.9. The number of benzene rings is 1. The van der Waals surface area contributed by atoms with Gasteiger partial charge in [-0.05, 0) is 30.2 Å². The van der Waals surface area contributed by atoms with Crippen molar-refractivity contribution in [3.05, 3.63) is 72.3 Å². The van der Waals surface area contributed by atoms with E-state index >= 15 is 0 Å². The number of para-hydroxylation sites is 1. The van der Waals surface area contributed by atoms with Crippen molar-refractivity contribution < 1.29 is 9.53 Å². The van der Waals surface area contributed by atoms with E-state index in [1.807, 2.05) is 24.4 Å². The Morgan fingerprint density at radius 3 is 2.76 bits per heavy atom. The average molecular weight is 510 g/mol. The summed E-state index contributed by atoms with van der Waals surface area (Å²) in [5, 5.41) is 7.00. The molecule has 0 radical (unpaired) electrons. The maximum atomic E-state index is 12.3. The molecule has 2 fully saturated rings. The number of fused-ring (bicyclic) bond motifs is 1. The molecule has 2 N–H and O–H groups in total. The lowest BCUT2D eigenvalue weighted by atomic mass is 9.85. The third kappa shape index (κ3) is 4.54. The zero-order valence-electron chi connectivity index (χ0n) is 21.6. The van der Waals surface area contributed by atoms with E-state index in [1.54, 1.807) is 25.6 Å². The fourth-order valence-electron chi connectivity index (χ4n) is 5.39. The number of carbonyl (C=O) groups excluding carboxylic acids is 1. The predicted molar refractivity (Wildman–Crippen MR) is 147 cm³/mol. The van der Waals surface area contributed by atoms with Gasteiger partial charge in [-0.3, -0.25) is 9.78 Å². The molecule has 3 aromatic heterocycles. The van der Waals surface area contributed by atoms with Crippen molar-refractivity contribution in [2.24, 2.45) is 5.41 Å². The van der Waals surface area contributed by atoms with E-state index in [4.69, 9.17) is 9.72 Å². The average Bonchev–Trinajstić information content (AvgIpc) is 3.42. The first-order valence-corrected chi connectivity index (χ1v) is 13.0. The van der Waals surface area contributed by atoms with Gasteiger partial charge in [-0.25, -0.2) is 15.0 Å². The van der Waals surface area contributed by atoms with Gasteiger partial charge in [0.1, 0.15) is 18.0 Å². The van der Waals surface area contributed by atoms with Crippen LogP contribution in [0.15, 0.2) is 61.2 Å². The summed E-state index contributed by atoms with van der Waals surface area (Å²) in [6.45, 7) is 6.56. The number of carbonyl (C=O) groups is 1. The molecule has 2 saturated heterocycles. The summed E-state index contributed by atoms with van der Waals surface area (Å²) < 4.78 is 5.44. The van der Waals surface area contributed by atoms with Crippen LogP contribution in [-0.4, -0.2) is 65.7 Å². The zero-order chi connectivity index (χ0) is 26.1. The summed E-state index contributed by atoms with van der Waals surface area (Å²) in [6.07, 6.45) is 6.32. The number of amides is 1. The fourth-order valence-corrected chi connectivity index (χ4v) is 5.39. The van der Waals surface area contributed by atoms with Crippen LogP contribution in [0.5, 0.6) is 0 Å². The molecule has 0 bridgehead atoms. The van der Waals surface area contributed by atoms with E-state index in [2.05, 4.69) is 55.6 Å². The molecule has 9 heteroatoms. The van der Waals surface area contributed by atoms with Crippen molar-refractivity contribution >= 4 is 28.4 Å². The number of nitrogens with one attached hydrogen (secondary N) is 2. The van der Waals surface area contributed by atoms with Crippen molar-refractivity contribution in [2.75, 3.05) is 50.1 Å². The molecular weight excluding hydrogens is 478 g/mol. The van der Waals surface area contributed by atoms with Gasteiger partial charge < -0.3 is 20.3 Å². The van der Waals surface area contributed by atoms with Crippen LogP contribution in [-0.2, 0) is 4.74 Å². The molecular formula is C29H31N7O2. The Hall–Kier alpha value is -4.11. The molecule has 1 aromatic carbocycles. The fraction of sp³-hybridized carbons (Fsp3) is 0.345. The maximum absolute atomic E-state index is 12.3. The standard InChI is InChI=1S/C29H31N7O2/c1-19(21-4-3-5-22-23(28(37)30-2)8-10-31-27(21)22)13-32-25-12-24(34-18-35-25)20-6-7-26(33-14-20)36-11-9-29(15-36)16-38-17-29/h3-8,10,12,14,18-19H,9,11,13,15-17H2,1-2H3,(H,30,37)(H,32,34,35)/t19-/m1/s1. The van der Waals surface area contributed by atoms with Crippen molar-refractivity contribution in [2.45, 2.75) is 19.3 Å². The molecule has 0 saturated carbocycles. The van der Waals surface area contributed by atoms with Crippen LogP contribution in [0.25, 0.3) is 22.2 Å². The second-order valence-corrected chi connectivity index (χ2v) is 10.3. The second-order valence-electron chi connectivity index (χ2n) is 10.3. The monoisotopic (exact) mass is 509 g/mol. The van der Waals surface area contributed by atoms with Gasteiger partial charge in [-0.2, -0.15) is 0 Å². The molecule has 4 aromatic rings. The molecule has 1 spiro atoms. The molecule has 0 aliphatic carbocycles. The summed E-state index contributed by atoms with van der Waals surface area (Å²) in [5.74, 6) is 1.77. The smallest absolute Gasteiger partial charge is 0.251 e. The van der Waals surface area contributed by atoms with Gasteiger partial charge >= 0.3 is 0 Å². The van der Waals surface area contributed by atoms with Crippen molar-refractivity contribution in [1.82, 2.24) is 25.3 Å². The van der Waals surface area contributed by atoms with E-state index in [9.17, 15) is 4.79 Å². The second kappa shape index (κ2) is 9.98. The Labute approximate surface area is 221 Å². The maximum Gasteiger partial charge on any atom is 0.251 e. The quantitative estimate of drug-likeness (QED) is 0.387. The lowest BCUT2D eigenvalue weighted by Crippen LogP contribution is -2.44. The first-order valence-electron chi connectivity index (χ1n) is 13.0. The number of hydrogen-bond donors (Lipinski definition) is 2. The lowest BCUT2D eigenvalue weighted by Gasteiger charge is -2.37. The van der Waals surface area contributed by atoms with Crippen molar-refractivity contribution in [1.29, 1.82) is 0 Å². The van der Waals surface area contributed by atoms with Crippen molar-refractivity contribution in [3.8, 4) is 11.3 Å². The van der Waals surface area contributed by atoms with Gasteiger partial charge in [0.2, 0.25) is 0 Å². The van der Waals surface area contributed by atoms with Crippen LogP contribution in [0, 0.1) is 5.41 Å². The topological polar surface area (TPSA) is 105 Å². The van der Waals surface area contributed by atoms with Gasteiger partial charge in [0.15, 0.2) is 0 Å². The minimum atomic E-state index is -0.117. The highest BCUT2D eigenvalue weighted by molar-refractivity contribution is 6.06. The minimum absolute atomic E-state index is 0.117. The molecule has 2 aliphatic rings. The van der Waals surface area contributed by atoms with E-state index in [-0.39, 0.29) is 11.8 Å². The van der Waals surface area contributed by atoms with Gasteiger partial charge in [0.05, 0.1) is 30.0 Å². The lowest BCUT2D eigenvalue weighted by molar-refractivity contribution is -0.0985. The highest BCUT2D eigenvalue weighted by Crippen LogP contribution is 2.39. The number of aromatic nitrogens is 4. The minimum Gasteiger partial charge on any atom is -0.380 e. The molecule has 38 heavy (non-hydrogen) atoms. The molecule has 1 amide bonds. The van der Waals surface area contributed by atoms with Gasteiger partial charge in [0.25, 0.3) is 5.91 Å². The number of nitrogens with zero attached hydrogens (tertiary/aromatic N) is 5. The number of anilines is 2. The molecule has 6 rings (SSSR count). The molecule has 194 valence electrons. The molecule has 5 heterocycles. The van der Waals surface area contributed by atoms with Crippen LogP contribution in [0.2, 0.25) is 0 Å². The highest BCUT2D eigenvalue weighted by atomic mass is 16.5. The Balaban J connectivity index is 1.14. The van der Waals surface area contributed by atoms with E-state index in [0.717, 1.165) is 65.7 Å². The van der Waals surface area contributed by atoms with E-state index in [0.29, 0.717) is 17.5 Å². The largest absolute Gasteiger partial charge is 0.380 e. The predicted octanol–water partition coefficient (Wildman–Crippen LogP) is 3.89. The molecule has 1 atom stereocenters. The van der Waals surface area contributed by atoms with Crippen LogP contribution in [0.4, 0.5) is 11.6 Å². The van der Waals surface area contributed by atoms with Crippen LogP contribution in [0.3, 0.4) is 0 Å². The summed E-state index contributed by atoms with van der Waals surface area (Å²) >= 11 is 0. The summed E-state index contributed by atoms with van der Waals surface area (Å²) in [7, 11) is 1.64. The van der Waals surface area contributed by atoms with Gasteiger partial charge in [-0.15, -0.1) is 0 Å². The Bertz CT molecular complexity index is 1470. The number of pyridine rings is 2. The van der Waals surface area contributed by atoms with Crippen LogP contribution >= 0.6 is 0 Å². The number of rotatable bonds is 7. The third-order valence-electron chi connectivity index (χ3n) is 7.68. The van der Waals surface area contributed by atoms with Crippen LogP contribution in [0.1, 0.15) is 35.2 Å². The molecule has 9 nitrogen and oxygen atoms in total. The Morgan fingerprint density at radius 1 is 1.13 bits per heavy atom. The highest BCUT2D eigenvalue weighted by Gasteiger charge is 2.44. The van der Waals surface area contributed by atoms with Gasteiger partial charge in [-0.1, -0.05) is 25.1 Å². The number of hydrogen-bond acceptors (Lipinski definition) is 8. The molecule has 2 aliphatic heterocycles. The summed E-state index contributed by atoms with van der Waals surface area (Å²) in [5.41, 5.74) is 4.65. The normalized spacial score (nSPS) is 16.8. The zero-order valence-corrected chi connectivity index (χ0v) is 21.6.